The highest BCUT2D eigenvalue weighted by molar-refractivity contribution is 6.04. The van der Waals surface area contributed by atoms with Gasteiger partial charge in [-0.3, -0.25) is 9.69 Å². The van der Waals surface area contributed by atoms with Gasteiger partial charge in [0.05, 0.1) is 5.69 Å². The van der Waals surface area contributed by atoms with Crippen molar-refractivity contribution in [3.05, 3.63) is 108 Å². The van der Waals surface area contributed by atoms with Crippen molar-refractivity contribution in [3.8, 4) is 11.3 Å². The number of hydrogen-bond acceptors (Lipinski definition) is 6. The van der Waals surface area contributed by atoms with E-state index in [0.29, 0.717) is 29.2 Å². The van der Waals surface area contributed by atoms with Crippen molar-refractivity contribution in [1.29, 1.82) is 0 Å². The zero-order valence-corrected chi connectivity index (χ0v) is 26.1. The van der Waals surface area contributed by atoms with E-state index in [1.54, 1.807) is 6.20 Å². The Morgan fingerprint density at radius 1 is 0.955 bits per heavy atom. The monoisotopic (exact) mass is 587 g/mol. The second-order valence-electron chi connectivity index (χ2n) is 13.0. The molecular weight excluding hydrogens is 546 g/mol. The molecule has 2 unspecified atom stereocenters. The Labute approximate surface area is 259 Å². The third-order valence-electron chi connectivity index (χ3n) is 8.06. The van der Waals surface area contributed by atoms with E-state index in [1.807, 2.05) is 65.3 Å². The molecule has 3 aromatic carbocycles. The number of amides is 1. The second kappa shape index (κ2) is 12.2. The number of nitrogens with zero attached hydrogens (tertiary/aromatic N) is 4. The minimum absolute atomic E-state index is 0.0343. The van der Waals surface area contributed by atoms with Crippen molar-refractivity contribution in [2.24, 2.45) is 0 Å². The van der Waals surface area contributed by atoms with Gasteiger partial charge in [0.2, 0.25) is 0 Å². The summed E-state index contributed by atoms with van der Waals surface area (Å²) in [5.74, 6) is 0.519. The van der Waals surface area contributed by atoms with Crippen LogP contribution in [0.1, 0.15) is 56.1 Å². The first-order valence-electron chi connectivity index (χ1n) is 15.3. The van der Waals surface area contributed by atoms with E-state index in [1.165, 1.54) is 11.1 Å². The van der Waals surface area contributed by atoms with Crippen LogP contribution in [-0.2, 0) is 12.0 Å². The van der Waals surface area contributed by atoms with Crippen molar-refractivity contribution in [2.75, 3.05) is 23.7 Å². The molecule has 1 saturated heterocycles. The smallest absolute Gasteiger partial charge is 0.255 e. The summed E-state index contributed by atoms with van der Waals surface area (Å²) in [4.78, 5) is 25.0. The highest BCUT2D eigenvalue weighted by Gasteiger charge is 2.21. The van der Waals surface area contributed by atoms with Crippen molar-refractivity contribution >= 4 is 28.7 Å². The molecule has 5 aromatic rings. The predicted octanol–water partition coefficient (Wildman–Crippen LogP) is 6.87. The molecule has 2 atom stereocenters. The highest BCUT2D eigenvalue weighted by atomic mass is 16.1. The van der Waals surface area contributed by atoms with Crippen LogP contribution in [0.15, 0.2) is 91.4 Å². The highest BCUT2D eigenvalue weighted by Crippen LogP contribution is 2.27. The van der Waals surface area contributed by atoms with Crippen LogP contribution in [0.3, 0.4) is 0 Å². The van der Waals surface area contributed by atoms with Gasteiger partial charge in [0.15, 0.2) is 11.5 Å². The molecule has 3 heterocycles. The Hall–Kier alpha value is -4.53. The summed E-state index contributed by atoms with van der Waals surface area (Å²) < 4.78 is 1.97. The van der Waals surface area contributed by atoms with Crippen LogP contribution in [-0.4, -0.2) is 50.3 Å². The lowest BCUT2D eigenvalue weighted by atomic mass is 9.87. The Morgan fingerprint density at radius 2 is 1.68 bits per heavy atom. The maximum atomic E-state index is 13.0. The van der Waals surface area contributed by atoms with Crippen LogP contribution in [0.2, 0.25) is 0 Å². The summed E-state index contributed by atoms with van der Waals surface area (Å²) in [5, 5.41) is 10.1. The van der Waals surface area contributed by atoms with Crippen LogP contribution < -0.4 is 16.0 Å². The molecule has 1 aliphatic heterocycles. The van der Waals surface area contributed by atoms with Crippen molar-refractivity contribution in [1.82, 2.24) is 24.6 Å². The zero-order valence-electron chi connectivity index (χ0n) is 26.1. The first-order chi connectivity index (χ1) is 21.1. The topological polar surface area (TPSA) is 86.6 Å². The molecule has 6 rings (SSSR count). The number of imidazole rings is 1. The number of carbonyl (C=O) groups excluding carboxylic acids is 1. The van der Waals surface area contributed by atoms with Crippen LogP contribution in [0.4, 0.5) is 17.2 Å². The molecule has 1 fully saturated rings. The normalized spacial score (nSPS) is 17.5. The molecule has 0 spiro atoms. The molecule has 44 heavy (non-hydrogen) atoms. The number of aromatic nitrogens is 3. The standard InChI is InChI=1S/C36H41N7O/c1-24-20-42(21-25(2)38-24)22-26-9-15-30(16-10-26)39-33-34-37-17-18-43(34)23-32(41-33)28-7-6-8-31(19-28)40-35(44)27-11-13-29(14-12-27)36(3,4)5/h6-19,23-25,38H,20-22H2,1-5H3,(H,39,41)(H,40,44). The van der Waals surface area contributed by atoms with Crippen molar-refractivity contribution < 1.29 is 4.79 Å². The Balaban J connectivity index is 1.18. The number of carbonyl (C=O) groups is 1. The zero-order chi connectivity index (χ0) is 30.8. The summed E-state index contributed by atoms with van der Waals surface area (Å²) in [5.41, 5.74) is 7.18. The van der Waals surface area contributed by atoms with Crippen LogP contribution in [0.25, 0.3) is 16.9 Å². The van der Waals surface area contributed by atoms with Crippen molar-refractivity contribution in [2.45, 2.75) is 58.7 Å². The minimum atomic E-state index is -0.146. The van der Waals surface area contributed by atoms with Gasteiger partial charge in [-0.1, -0.05) is 57.2 Å². The number of nitrogens with one attached hydrogen (secondary N) is 3. The molecule has 8 heteroatoms. The van der Waals surface area contributed by atoms with Gasteiger partial charge in [0.25, 0.3) is 5.91 Å². The van der Waals surface area contributed by atoms with Gasteiger partial charge in [0, 0.05) is 72.8 Å². The fourth-order valence-corrected chi connectivity index (χ4v) is 5.89. The number of hydrogen-bond donors (Lipinski definition) is 3. The Kier molecular flexibility index (Phi) is 8.21. The van der Waals surface area contributed by atoms with E-state index in [0.717, 1.165) is 42.2 Å². The molecule has 0 aliphatic carbocycles. The number of benzene rings is 3. The third-order valence-corrected chi connectivity index (χ3v) is 8.06. The van der Waals surface area contributed by atoms with Gasteiger partial charge in [0.1, 0.15) is 0 Å². The lowest BCUT2D eigenvalue weighted by molar-refractivity contribution is 0.102. The molecule has 2 aromatic heterocycles. The third kappa shape index (κ3) is 6.82. The maximum Gasteiger partial charge on any atom is 0.255 e. The SMILES string of the molecule is CC1CN(Cc2ccc(Nc3nc(-c4cccc(NC(=O)c5ccc(C(C)(C)C)cc5)c4)cn4ccnc34)cc2)CC(C)N1. The van der Waals surface area contributed by atoms with Gasteiger partial charge in [-0.25, -0.2) is 9.97 Å². The molecule has 226 valence electrons. The van der Waals surface area contributed by atoms with Gasteiger partial charge < -0.3 is 20.4 Å². The van der Waals surface area contributed by atoms with E-state index in [4.69, 9.17) is 4.98 Å². The van der Waals surface area contributed by atoms with Gasteiger partial charge in [-0.05, 0) is 66.8 Å². The molecule has 1 amide bonds. The van der Waals surface area contributed by atoms with E-state index in [-0.39, 0.29) is 11.3 Å². The summed E-state index contributed by atoms with van der Waals surface area (Å²) >= 11 is 0. The van der Waals surface area contributed by atoms with Gasteiger partial charge in [-0.2, -0.15) is 0 Å². The van der Waals surface area contributed by atoms with Gasteiger partial charge >= 0.3 is 0 Å². The summed E-state index contributed by atoms with van der Waals surface area (Å²) in [6, 6.07) is 25.1. The predicted molar refractivity (Wildman–Crippen MR) is 179 cm³/mol. The number of fused-ring (bicyclic) bond motifs is 1. The number of piperazine rings is 1. The van der Waals surface area contributed by atoms with E-state index >= 15 is 0 Å². The quantitative estimate of drug-likeness (QED) is 0.193. The fourth-order valence-electron chi connectivity index (χ4n) is 5.89. The number of rotatable bonds is 7. The molecule has 0 saturated carbocycles. The van der Waals surface area contributed by atoms with E-state index in [9.17, 15) is 4.79 Å². The minimum Gasteiger partial charge on any atom is -0.337 e. The molecular formula is C36H41N7O. The average molecular weight is 588 g/mol. The molecule has 8 nitrogen and oxygen atoms in total. The second-order valence-corrected chi connectivity index (χ2v) is 13.0. The Morgan fingerprint density at radius 3 is 2.39 bits per heavy atom. The molecule has 3 N–H and O–H groups in total. The average Bonchev–Trinajstić information content (AvgIpc) is 3.47. The molecule has 0 radical (unpaired) electrons. The summed E-state index contributed by atoms with van der Waals surface area (Å²) in [7, 11) is 0. The van der Waals surface area contributed by atoms with E-state index in [2.05, 4.69) is 84.7 Å². The molecule has 1 aliphatic rings. The summed E-state index contributed by atoms with van der Waals surface area (Å²) in [6.07, 6.45) is 5.64. The molecule has 0 bridgehead atoms. The van der Waals surface area contributed by atoms with E-state index < -0.39 is 0 Å². The Bertz CT molecular complexity index is 1740. The fraction of sp³-hybridized carbons (Fsp3) is 0.306. The van der Waals surface area contributed by atoms with Gasteiger partial charge in [-0.15, -0.1) is 0 Å². The lowest BCUT2D eigenvalue weighted by Crippen LogP contribution is -2.53. The van der Waals surface area contributed by atoms with Crippen molar-refractivity contribution in [3.63, 3.8) is 0 Å². The number of anilines is 3. The lowest BCUT2D eigenvalue weighted by Gasteiger charge is -2.36. The largest absolute Gasteiger partial charge is 0.337 e. The summed E-state index contributed by atoms with van der Waals surface area (Å²) in [6.45, 7) is 14.0. The van der Waals surface area contributed by atoms with Crippen LogP contribution in [0.5, 0.6) is 0 Å². The van der Waals surface area contributed by atoms with Crippen LogP contribution in [0, 0.1) is 0 Å². The van der Waals surface area contributed by atoms with Crippen LogP contribution >= 0.6 is 0 Å². The maximum absolute atomic E-state index is 13.0. The first-order valence-corrected chi connectivity index (χ1v) is 15.3. The first kappa shape index (κ1) is 29.5.